The van der Waals surface area contributed by atoms with Crippen molar-refractivity contribution in [3.63, 3.8) is 0 Å². The molecule has 2 heterocycles. The van der Waals surface area contributed by atoms with Crippen molar-refractivity contribution in [2.45, 2.75) is 19.4 Å². The van der Waals surface area contributed by atoms with Crippen molar-refractivity contribution in [1.82, 2.24) is 0 Å². The third kappa shape index (κ3) is 1.88. The smallest absolute Gasteiger partial charge is 0.185 e. The molecule has 2 aromatic carbocycles. The zero-order valence-electron chi connectivity index (χ0n) is 11.3. The van der Waals surface area contributed by atoms with Crippen molar-refractivity contribution >= 4 is 11.3 Å². The van der Waals surface area contributed by atoms with Crippen LogP contribution in [0.15, 0.2) is 60.7 Å². The molecule has 3 aromatic rings. The molecule has 98 valence electrons. The maximum absolute atomic E-state index is 2.52. The number of nitrogens with zero attached hydrogens (tertiary/aromatic N) is 1. The van der Waals surface area contributed by atoms with Crippen LogP contribution in [-0.2, 0) is 13.0 Å². The van der Waals surface area contributed by atoms with Gasteiger partial charge in [-0.2, -0.15) is 4.57 Å². The van der Waals surface area contributed by atoms with Crippen LogP contribution in [0.25, 0.3) is 21.7 Å². The van der Waals surface area contributed by atoms with E-state index in [0.29, 0.717) is 0 Å². The highest BCUT2D eigenvalue weighted by molar-refractivity contribution is 7.15. The molecule has 1 aromatic heterocycles. The molecule has 0 fully saturated rings. The topological polar surface area (TPSA) is 3.88 Å². The molecule has 1 aliphatic heterocycles. The largest absolute Gasteiger partial charge is 0.238 e. The standard InChI is InChI=1S/C18H16NS/c1-3-8-14(9-4-1)17-18(15-10-5-2-6-11-15)20-16-12-7-13-19(16)17/h1-6,8-11H,7,12-13H2/q+1. The van der Waals surface area contributed by atoms with Crippen LogP contribution in [0.3, 0.4) is 0 Å². The second-order valence-electron chi connectivity index (χ2n) is 5.16. The number of aryl methyl sites for hydroxylation is 1. The van der Waals surface area contributed by atoms with E-state index in [1.165, 1.54) is 39.5 Å². The van der Waals surface area contributed by atoms with Crippen LogP contribution in [0.5, 0.6) is 0 Å². The number of aromatic nitrogens is 1. The summed E-state index contributed by atoms with van der Waals surface area (Å²) in [7, 11) is 0. The highest BCUT2D eigenvalue weighted by Gasteiger charge is 2.31. The van der Waals surface area contributed by atoms with Crippen LogP contribution in [-0.4, -0.2) is 0 Å². The quantitative estimate of drug-likeness (QED) is 0.615. The summed E-state index contributed by atoms with van der Waals surface area (Å²) in [5, 5.41) is 1.52. The Labute approximate surface area is 123 Å². The summed E-state index contributed by atoms with van der Waals surface area (Å²) in [5.41, 5.74) is 4.06. The van der Waals surface area contributed by atoms with Crippen molar-refractivity contribution in [3.05, 3.63) is 65.7 Å². The van der Waals surface area contributed by atoms with E-state index in [1.54, 1.807) is 0 Å². The van der Waals surface area contributed by atoms with Gasteiger partial charge in [0.15, 0.2) is 6.54 Å². The van der Waals surface area contributed by atoms with Gasteiger partial charge in [-0.05, 0) is 17.7 Å². The van der Waals surface area contributed by atoms with E-state index < -0.39 is 0 Å². The third-order valence-corrected chi connectivity index (χ3v) is 5.15. The van der Waals surface area contributed by atoms with Gasteiger partial charge in [0, 0.05) is 18.4 Å². The predicted octanol–water partition coefficient (Wildman–Crippen LogP) is 4.32. The number of fused-ring (bicyclic) bond motifs is 1. The van der Waals surface area contributed by atoms with Crippen LogP contribution in [0.2, 0.25) is 0 Å². The molecule has 20 heavy (non-hydrogen) atoms. The van der Waals surface area contributed by atoms with Crippen molar-refractivity contribution in [2.75, 3.05) is 0 Å². The van der Waals surface area contributed by atoms with Gasteiger partial charge in [0.1, 0.15) is 4.88 Å². The molecule has 0 spiro atoms. The Morgan fingerprint density at radius 1 is 0.800 bits per heavy atom. The average Bonchev–Trinajstić information content (AvgIpc) is 3.09. The summed E-state index contributed by atoms with van der Waals surface area (Å²) in [4.78, 5) is 1.41. The molecule has 4 rings (SSSR count). The maximum Gasteiger partial charge on any atom is 0.238 e. The van der Waals surface area contributed by atoms with Crippen molar-refractivity contribution in [2.24, 2.45) is 0 Å². The Bertz CT molecular complexity index is 729. The van der Waals surface area contributed by atoms with E-state index in [0.717, 1.165) is 6.54 Å². The molecule has 0 saturated heterocycles. The second-order valence-corrected chi connectivity index (χ2v) is 6.24. The summed E-state index contributed by atoms with van der Waals surface area (Å²) in [5.74, 6) is 0. The Kier molecular flexibility index (Phi) is 2.89. The van der Waals surface area contributed by atoms with Crippen molar-refractivity contribution in [3.8, 4) is 21.7 Å². The number of thiazole rings is 1. The summed E-state index contributed by atoms with van der Waals surface area (Å²) in [6, 6.07) is 21.6. The summed E-state index contributed by atoms with van der Waals surface area (Å²) >= 11 is 1.96. The molecule has 0 atom stereocenters. The van der Waals surface area contributed by atoms with E-state index in [2.05, 4.69) is 65.2 Å². The molecule has 2 heteroatoms. The maximum atomic E-state index is 2.52. The molecule has 1 nitrogen and oxygen atoms in total. The molecule has 0 unspecified atom stereocenters. The van der Waals surface area contributed by atoms with Crippen LogP contribution in [0, 0.1) is 0 Å². The minimum atomic E-state index is 1.16. The van der Waals surface area contributed by atoms with Gasteiger partial charge in [-0.1, -0.05) is 59.9 Å². The van der Waals surface area contributed by atoms with Gasteiger partial charge in [-0.15, -0.1) is 0 Å². The molecule has 0 N–H and O–H groups in total. The highest BCUT2D eigenvalue weighted by Crippen LogP contribution is 2.37. The molecule has 1 aliphatic rings. The molecule has 0 radical (unpaired) electrons. The Morgan fingerprint density at radius 3 is 2.15 bits per heavy atom. The fourth-order valence-electron chi connectivity index (χ4n) is 2.95. The van der Waals surface area contributed by atoms with Crippen molar-refractivity contribution < 1.29 is 4.57 Å². The van der Waals surface area contributed by atoms with Crippen molar-refractivity contribution in [1.29, 1.82) is 0 Å². The lowest BCUT2D eigenvalue weighted by atomic mass is 10.1. The number of hydrogen-bond acceptors (Lipinski definition) is 1. The van der Waals surface area contributed by atoms with Gasteiger partial charge in [0.25, 0.3) is 0 Å². The first-order valence-corrected chi connectivity index (χ1v) is 7.91. The SMILES string of the molecule is c1ccc(-c2sc3[n+](c2-c2ccccc2)CCC3)cc1. The van der Waals surface area contributed by atoms with Crippen LogP contribution in [0.4, 0.5) is 0 Å². The average molecular weight is 278 g/mol. The van der Waals surface area contributed by atoms with E-state index in [4.69, 9.17) is 0 Å². The Hall–Kier alpha value is -1.93. The zero-order chi connectivity index (χ0) is 13.4. The van der Waals surface area contributed by atoms with Gasteiger partial charge in [-0.3, -0.25) is 0 Å². The minimum Gasteiger partial charge on any atom is -0.185 e. The first-order valence-electron chi connectivity index (χ1n) is 7.10. The second kappa shape index (κ2) is 4.88. The van der Waals surface area contributed by atoms with E-state index >= 15 is 0 Å². The summed E-state index contributed by atoms with van der Waals surface area (Å²) in [6.07, 6.45) is 2.50. The van der Waals surface area contributed by atoms with Crippen LogP contribution >= 0.6 is 11.3 Å². The van der Waals surface area contributed by atoms with Crippen LogP contribution in [0.1, 0.15) is 11.4 Å². The van der Waals surface area contributed by atoms with Gasteiger partial charge in [-0.25, -0.2) is 0 Å². The molecule has 0 aliphatic carbocycles. The van der Waals surface area contributed by atoms with Gasteiger partial charge >= 0.3 is 0 Å². The fraction of sp³-hybridized carbons (Fsp3) is 0.167. The lowest BCUT2D eigenvalue weighted by Crippen LogP contribution is -2.32. The van der Waals surface area contributed by atoms with Gasteiger partial charge in [0.05, 0.1) is 0 Å². The fourth-order valence-corrected chi connectivity index (χ4v) is 4.30. The lowest BCUT2D eigenvalue weighted by molar-refractivity contribution is -0.674. The first-order chi connectivity index (χ1) is 9.93. The van der Waals surface area contributed by atoms with Crippen LogP contribution < -0.4 is 4.57 Å². The van der Waals surface area contributed by atoms with E-state index in [9.17, 15) is 0 Å². The Morgan fingerprint density at radius 2 is 1.45 bits per heavy atom. The molecule has 0 saturated carbocycles. The Balaban J connectivity index is 1.97. The molecular formula is C18H16NS+. The van der Waals surface area contributed by atoms with Gasteiger partial charge in [0.2, 0.25) is 10.7 Å². The summed E-state index contributed by atoms with van der Waals surface area (Å²) < 4.78 is 2.52. The first kappa shape index (κ1) is 11.9. The zero-order valence-corrected chi connectivity index (χ0v) is 12.1. The lowest BCUT2D eigenvalue weighted by Gasteiger charge is -2.01. The molecule has 0 bridgehead atoms. The minimum absolute atomic E-state index is 1.16. The molecular weight excluding hydrogens is 262 g/mol. The highest BCUT2D eigenvalue weighted by atomic mass is 32.1. The number of hydrogen-bond donors (Lipinski definition) is 0. The number of rotatable bonds is 2. The van der Waals surface area contributed by atoms with Gasteiger partial charge < -0.3 is 0 Å². The molecule has 0 amide bonds. The monoisotopic (exact) mass is 278 g/mol. The van der Waals surface area contributed by atoms with E-state index in [1.807, 2.05) is 11.3 Å². The van der Waals surface area contributed by atoms with E-state index in [-0.39, 0.29) is 0 Å². The predicted molar refractivity (Wildman–Crippen MR) is 83.7 cm³/mol. The third-order valence-electron chi connectivity index (χ3n) is 3.86. The normalized spacial score (nSPS) is 13.4. The number of benzene rings is 2. The summed E-state index contributed by atoms with van der Waals surface area (Å²) in [6.45, 7) is 1.16.